The summed E-state index contributed by atoms with van der Waals surface area (Å²) in [4.78, 5) is 22.1. The van der Waals surface area contributed by atoms with Crippen LogP contribution >= 0.6 is 0 Å². The van der Waals surface area contributed by atoms with Crippen molar-refractivity contribution in [1.29, 1.82) is 0 Å². The van der Waals surface area contributed by atoms with E-state index in [1.807, 2.05) is 6.92 Å². The Bertz CT molecular complexity index is 341. The van der Waals surface area contributed by atoms with Crippen LogP contribution in [0.3, 0.4) is 0 Å². The molecule has 0 aliphatic heterocycles. The zero-order valence-electron chi connectivity index (χ0n) is 17.3. The first-order valence-electron chi connectivity index (χ1n) is 11.0. The lowest BCUT2D eigenvalue weighted by atomic mass is 9.98. The van der Waals surface area contributed by atoms with E-state index in [1.165, 1.54) is 64.2 Å². The monoisotopic (exact) mass is 370 g/mol. The third-order valence-corrected chi connectivity index (χ3v) is 5.06. The molecule has 0 amide bonds. The molecule has 0 aliphatic carbocycles. The van der Waals surface area contributed by atoms with Crippen molar-refractivity contribution in [1.82, 2.24) is 0 Å². The lowest BCUT2D eigenvalue weighted by Crippen LogP contribution is -2.16. The van der Waals surface area contributed by atoms with Crippen LogP contribution < -0.4 is 0 Å². The topological polar surface area (TPSA) is 63.6 Å². The van der Waals surface area contributed by atoms with Crippen molar-refractivity contribution in [3.8, 4) is 0 Å². The van der Waals surface area contributed by atoms with E-state index in [-0.39, 0.29) is 11.9 Å². The van der Waals surface area contributed by atoms with Gasteiger partial charge in [-0.2, -0.15) is 0 Å². The van der Waals surface area contributed by atoms with E-state index in [2.05, 4.69) is 6.92 Å². The van der Waals surface area contributed by atoms with Crippen LogP contribution in [0.1, 0.15) is 117 Å². The van der Waals surface area contributed by atoms with Gasteiger partial charge in [-0.3, -0.25) is 9.59 Å². The number of carbonyl (C=O) groups excluding carboxylic acids is 1. The highest BCUT2D eigenvalue weighted by Crippen LogP contribution is 2.17. The third-order valence-electron chi connectivity index (χ3n) is 5.06. The van der Waals surface area contributed by atoms with Gasteiger partial charge in [0, 0.05) is 6.42 Å². The fraction of sp³-hybridized carbons (Fsp3) is 0.909. The molecule has 4 nitrogen and oxygen atoms in total. The number of carbonyl (C=O) groups is 2. The van der Waals surface area contributed by atoms with Crippen molar-refractivity contribution >= 4 is 11.9 Å². The van der Waals surface area contributed by atoms with Crippen molar-refractivity contribution in [3.05, 3.63) is 0 Å². The summed E-state index contributed by atoms with van der Waals surface area (Å²) in [5, 5.41) is 8.56. The van der Waals surface area contributed by atoms with Crippen LogP contribution in [0.25, 0.3) is 0 Å². The van der Waals surface area contributed by atoms with Gasteiger partial charge in [-0.15, -0.1) is 0 Å². The van der Waals surface area contributed by atoms with Gasteiger partial charge in [0.25, 0.3) is 0 Å². The summed E-state index contributed by atoms with van der Waals surface area (Å²) < 4.78 is 5.11. The molecule has 1 atom stereocenters. The van der Waals surface area contributed by atoms with Crippen LogP contribution in [0.5, 0.6) is 0 Å². The Labute approximate surface area is 161 Å². The standard InChI is InChI=1S/C22H42O4/c1-3-20(22(25)26-4-2)18-16-14-12-10-8-6-5-7-9-11-13-15-17-19-21(23)24/h20H,3-19H2,1-2H3,(H,23,24). The van der Waals surface area contributed by atoms with E-state index >= 15 is 0 Å². The van der Waals surface area contributed by atoms with Crippen LogP contribution in [0, 0.1) is 5.92 Å². The van der Waals surface area contributed by atoms with Gasteiger partial charge in [-0.1, -0.05) is 84.0 Å². The van der Waals surface area contributed by atoms with E-state index in [1.54, 1.807) is 0 Å². The average Bonchev–Trinajstić information content (AvgIpc) is 2.61. The summed E-state index contributed by atoms with van der Waals surface area (Å²) in [5.74, 6) is -0.592. The molecule has 0 saturated carbocycles. The number of ether oxygens (including phenoxy) is 1. The molecule has 4 heteroatoms. The maximum absolute atomic E-state index is 11.7. The van der Waals surface area contributed by atoms with E-state index in [0.717, 1.165) is 32.1 Å². The third kappa shape index (κ3) is 16.4. The van der Waals surface area contributed by atoms with Gasteiger partial charge in [0.05, 0.1) is 12.5 Å². The molecular formula is C22H42O4. The molecule has 0 aromatic rings. The minimum absolute atomic E-state index is 0.0168. The van der Waals surface area contributed by atoms with Crippen LogP contribution in [-0.4, -0.2) is 23.7 Å². The van der Waals surface area contributed by atoms with E-state index in [9.17, 15) is 9.59 Å². The van der Waals surface area contributed by atoms with Crippen LogP contribution in [0.4, 0.5) is 0 Å². The van der Waals surface area contributed by atoms with Gasteiger partial charge >= 0.3 is 11.9 Å². The molecule has 0 spiro atoms. The Morgan fingerprint density at radius 3 is 1.54 bits per heavy atom. The molecule has 1 unspecified atom stereocenters. The molecule has 0 heterocycles. The smallest absolute Gasteiger partial charge is 0.308 e. The second-order valence-electron chi connectivity index (χ2n) is 7.39. The van der Waals surface area contributed by atoms with Gasteiger partial charge in [-0.05, 0) is 26.2 Å². The fourth-order valence-corrected chi connectivity index (χ4v) is 3.36. The molecule has 0 aliphatic rings. The molecule has 26 heavy (non-hydrogen) atoms. The van der Waals surface area contributed by atoms with E-state index in [0.29, 0.717) is 13.0 Å². The number of aliphatic carboxylic acids is 1. The maximum Gasteiger partial charge on any atom is 0.308 e. The number of rotatable bonds is 19. The highest BCUT2D eigenvalue weighted by Gasteiger charge is 2.16. The lowest BCUT2D eigenvalue weighted by molar-refractivity contribution is -0.148. The Kier molecular flexibility index (Phi) is 18.0. The molecule has 154 valence electrons. The van der Waals surface area contributed by atoms with E-state index < -0.39 is 5.97 Å². The lowest BCUT2D eigenvalue weighted by Gasteiger charge is -2.13. The number of carboxylic acid groups (broad SMARTS) is 1. The second kappa shape index (κ2) is 18.7. The summed E-state index contributed by atoms with van der Waals surface area (Å²) >= 11 is 0. The fourth-order valence-electron chi connectivity index (χ4n) is 3.36. The number of esters is 1. The van der Waals surface area contributed by atoms with Crippen molar-refractivity contribution in [2.75, 3.05) is 6.61 Å². The molecule has 0 radical (unpaired) electrons. The number of unbranched alkanes of at least 4 members (excludes halogenated alkanes) is 12. The summed E-state index contributed by atoms with van der Waals surface area (Å²) in [6.45, 7) is 4.42. The SMILES string of the molecule is CCOC(=O)C(CC)CCCCCCCCCCCCCCCC(=O)O. The molecule has 0 bridgehead atoms. The van der Waals surface area contributed by atoms with Crippen LogP contribution in [0.15, 0.2) is 0 Å². The highest BCUT2D eigenvalue weighted by molar-refractivity contribution is 5.72. The van der Waals surface area contributed by atoms with Gasteiger partial charge in [-0.25, -0.2) is 0 Å². The predicted molar refractivity (Wildman–Crippen MR) is 107 cm³/mol. The van der Waals surface area contributed by atoms with Crippen LogP contribution in [-0.2, 0) is 14.3 Å². The Morgan fingerprint density at radius 2 is 1.15 bits per heavy atom. The van der Waals surface area contributed by atoms with Gasteiger partial charge in [0.15, 0.2) is 0 Å². The Hall–Kier alpha value is -1.06. The van der Waals surface area contributed by atoms with Gasteiger partial charge in [0.2, 0.25) is 0 Å². The molecular weight excluding hydrogens is 328 g/mol. The first-order chi connectivity index (χ1) is 12.6. The van der Waals surface area contributed by atoms with Crippen molar-refractivity contribution < 1.29 is 19.4 Å². The minimum atomic E-state index is -0.672. The molecule has 1 N–H and O–H groups in total. The minimum Gasteiger partial charge on any atom is -0.481 e. The normalized spacial score (nSPS) is 12.1. The number of hydrogen-bond acceptors (Lipinski definition) is 3. The van der Waals surface area contributed by atoms with Gasteiger partial charge < -0.3 is 9.84 Å². The number of carboxylic acids is 1. The Morgan fingerprint density at radius 1 is 0.731 bits per heavy atom. The zero-order valence-corrected chi connectivity index (χ0v) is 17.3. The highest BCUT2D eigenvalue weighted by atomic mass is 16.5. The summed E-state index contributed by atoms with van der Waals surface area (Å²) in [5.41, 5.74) is 0. The largest absolute Gasteiger partial charge is 0.481 e. The molecule has 0 rings (SSSR count). The average molecular weight is 371 g/mol. The summed E-state index contributed by atoms with van der Waals surface area (Å²) in [6.07, 6.45) is 18.0. The van der Waals surface area contributed by atoms with Crippen molar-refractivity contribution in [2.24, 2.45) is 5.92 Å². The Balaban J connectivity index is 3.26. The number of hydrogen-bond donors (Lipinski definition) is 1. The molecule has 0 aromatic carbocycles. The molecule has 0 saturated heterocycles. The summed E-state index contributed by atoms with van der Waals surface area (Å²) in [7, 11) is 0. The zero-order chi connectivity index (χ0) is 19.5. The predicted octanol–water partition coefficient (Wildman–Crippen LogP) is 6.51. The van der Waals surface area contributed by atoms with Gasteiger partial charge in [0.1, 0.15) is 0 Å². The quantitative estimate of drug-likeness (QED) is 0.208. The van der Waals surface area contributed by atoms with E-state index in [4.69, 9.17) is 9.84 Å². The first kappa shape index (κ1) is 24.9. The molecule has 0 aromatic heterocycles. The first-order valence-corrected chi connectivity index (χ1v) is 11.0. The molecule has 0 fully saturated rings. The maximum atomic E-state index is 11.7. The second-order valence-corrected chi connectivity index (χ2v) is 7.39. The van der Waals surface area contributed by atoms with Crippen molar-refractivity contribution in [3.63, 3.8) is 0 Å². The van der Waals surface area contributed by atoms with Crippen LogP contribution in [0.2, 0.25) is 0 Å². The van der Waals surface area contributed by atoms with Crippen molar-refractivity contribution in [2.45, 2.75) is 117 Å². The summed E-state index contributed by atoms with van der Waals surface area (Å²) in [6, 6.07) is 0.